The van der Waals surface area contributed by atoms with Gasteiger partial charge < -0.3 is 19.3 Å². The molecule has 0 bridgehead atoms. The number of hydrogen-bond donors (Lipinski definition) is 1. The smallest absolute Gasteiger partial charge is 0.304 e. The third kappa shape index (κ3) is 3.51. The molecule has 2 aliphatic heterocycles. The molecule has 1 fully saturated rings. The first-order valence-electron chi connectivity index (χ1n) is 7.11. The highest BCUT2D eigenvalue weighted by Crippen LogP contribution is 2.35. The van der Waals surface area contributed by atoms with Gasteiger partial charge in [-0.05, 0) is 44.8 Å². The molecule has 1 aromatic rings. The molecule has 5 nitrogen and oxygen atoms in total. The Morgan fingerprint density at radius 2 is 2.18 bits per heavy atom. The fourth-order valence-corrected chi connectivity index (χ4v) is 2.52. The molecule has 1 aromatic carbocycles. The zero-order valence-electron chi connectivity index (χ0n) is 12.9. The summed E-state index contributed by atoms with van der Waals surface area (Å²) >= 11 is 0. The fraction of sp³-hybridized carbons (Fsp3) is 0.533. The summed E-state index contributed by atoms with van der Waals surface area (Å²) in [5, 5.41) is 17.5. The second-order valence-corrected chi connectivity index (χ2v) is 5.92. The molecule has 2 heterocycles. The monoisotopic (exact) mass is 307 g/mol. The van der Waals surface area contributed by atoms with Crippen LogP contribution in [-0.4, -0.2) is 36.8 Å². The van der Waals surface area contributed by atoms with Crippen LogP contribution in [0.5, 0.6) is 11.5 Å². The van der Waals surface area contributed by atoms with Crippen LogP contribution in [0.4, 0.5) is 4.39 Å². The van der Waals surface area contributed by atoms with E-state index in [1.54, 1.807) is 6.07 Å². The van der Waals surface area contributed by atoms with Gasteiger partial charge in [-0.1, -0.05) is 0 Å². The second kappa shape index (κ2) is 6.55. The molecule has 1 unspecified atom stereocenters. The summed E-state index contributed by atoms with van der Waals surface area (Å²) in [5.41, 5.74) is 0.453. The van der Waals surface area contributed by atoms with E-state index in [4.69, 9.17) is 24.6 Å². The van der Waals surface area contributed by atoms with E-state index in [1.165, 1.54) is 6.07 Å². The van der Waals surface area contributed by atoms with Gasteiger partial charge in [0, 0.05) is 5.97 Å². The first kappa shape index (κ1) is 16.6. The van der Waals surface area contributed by atoms with Crippen molar-refractivity contribution in [3.05, 3.63) is 23.5 Å². The molecule has 0 spiro atoms. The molecular weight excluding hydrogens is 288 g/mol. The van der Waals surface area contributed by atoms with Gasteiger partial charge in [0.1, 0.15) is 0 Å². The van der Waals surface area contributed by atoms with Gasteiger partial charge in [0.05, 0.1) is 18.2 Å². The topological polar surface area (TPSA) is 71.7 Å². The van der Waals surface area contributed by atoms with E-state index in [2.05, 4.69) is 5.97 Å². The zero-order valence-corrected chi connectivity index (χ0v) is 12.9. The highest BCUT2D eigenvalue weighted by Gasteiger charge is 2.45. The van der Waals surface area contributed by atoms with E-state index >= 15 is 0 Å². The Morgan fingerprint density at radius 3 is 2.73 bits per heavy atom. The highest BCUT2D eigenvalue weighted by molar-refractivity contribution is 6.70. The van der Waals surface area contributed by atoms with Crippen LogP contribution < -0.4 is 9.47 Å². The van der Waals surface area contributed by atoms with Crippen LogP contribution in [0.15, 0.2) is 12.1 Å². The van der Waals surface area contributed by atoms with Crippen LogP contribution in [0, 0.1) is 24.0 Å². The molecule has 0 amide bonds. The number of aliphatic hydroxyl groups excluding tert-OH is 1. The molecule has 0 saturated carbocycles. The second-order valence-electron chi connectivity index (χ2n) is 5.92. The summed E-state index contributed by atoms with van der Waals surface area (Å²) < 4.78 is 28.3. The Bertz CT molecular complexity index is 588. The third-order valence-corrected chi connectivity index (χ3v) is 3.74. The number of benzene rings is 1. The molecule has 0 aromatic heterocycles. The van der Waals surface area contributed by atoms with Crippen LogP contribution in [0.3, 0.4) is 0 Å². The molecule has 7 heteroatoms. The van der Waals surface area contributed by atoms with Crippen molar-refractivity contribution in [3.8, 4) is 17.5 Å². The number of nitrogens with zero attached hydrogens (tertiary/aromatic N) is 1. The third-order valence-electron chi connectivity index (χ3n) is 3.74. The SMILES string of the molecule is CC1(C)OC(CO)CB1C#N.Cc1cc(F)c2c(c1)OCO2. The highest BCUT2D eigenvalue weighted by atomic mass is 19.1. The van der Waals surface area contributed by atoms with Gasteiger partial charge in [0.15, 0.2) is 11.6 Å². The first-order chi connectivity index (χ1) is 10.4. The average molecular weight is 307 g/mol. The quantitative estimate of drug-likeness (QED) is 0.805. The first-order valence-corrected chi connectivity index (χ1v) is 7.11. The van der Waals surface area contributed by atoms with Crippen molar-refractivity contribution in [2.45, 2.75) is 38.7 Å². The number of nitriles is 1. The van der Waals surface area contributed by atoms with Crippen molar-refractivity contribution in [2.24, 2.45) is 0 Å². The lowest BCUT2D eigenvalue weighted by atomic mass is 9.40. The molecule has 1 N–H and O–H groups in total. The molecule has 2 aliphatic rings. The maximum atomic E-state index is 12.9. The predicted octanol–water partition coefficient (Wildman–Crippen LogP) is 2.12. The van der Waals surface area contributed by atoms with Crippen molar-refractivity contribution < 1.29 is 23.7 Å². The van der Waals surface area contributed by atoms with Crippen molar-refractivity contribution in [2.75, 3.05) is 13.4 Å². The Balaban J connectivity index is 0.000000160. The molecule has 0 radical (unpaired) electrons. The van der Waals surface area contributed by atoms with Gasteiger partial charge >= 0.3 is 6.71 Å². The normalized spacial score (nSPS) is 21.1. The number of aryl methyl sites for hydroxylation is 1. The number of aliphatic hydroxyl groups is 1. The minimum Gasteiger partial charge on any atom is -0.453 e. The van der Waals surface area contributed by atoms with Gasteiger partial charge in [-0.15, -0.1) is 0 Å². The van der Waals surface area contributed by atoms with E-state index in [1.807, 2.05) is 20.8 Å². The van der Waals surface area contributed by atoms with Crippen LogP contribution >= 0.6 is 0 Å². The maximum Gasteiger partial charge on any atom is 0.304 e. The van der Waals surface area contributed by atoms with Gasteiger partial charge in [-0.25, -0.2) is 9.65 Å². The van der Waals surface area contributed by atoms with Crippen molar-refractivity contribution in [1.82, 2.24) is 0 Å². The molecule has 0 aliphatic carbocycles. The number of ether oxygens (including phenoxy) is 3. The number of rotatable bonds is 1. The van der Waals surface area contributed by atoms with Crippen molar-refractivity contribution >= 4 is 6.71 Å². The standard InChI is InChI=1S/C8H7FO2.C7H12BNO2/c1-5-2-6(9)8-7(3-5)10-4-11-8;1-7(2)8(5-9)3-6(4-10)11-7/h2-3H,4H2,1H3;6,10H,3-4H2,1-2H3. The Hall–Kier alpha value is -1.78. The van der Waals surface area contributed by atoms with Gasteiger partial charge in [0.2, 0.25) is 12.5 Å². The largest absolute Gasteiger partial charge is 0.453 e. The molecule has 22 heavy (non-hydrogen) atoms. The van der Waals surface area contributed by atoms with Crippen LogP contribution in [0.2, 0.25) is 6.32 Å². The van der Waals surface area contributed by atoms with Gasteiger partial charge in [-0.2, -0.15) is 0 Å². The van der Waals surface area contributed by atoms with Crippen LogP contribution in [-0.2, 0) is 4.74 Å². The number of halogens is 1. The maximum absolute atomic E-state index is 12.9. The van der Waals surface area contributed by atoms with Gasteiger partial charge in [-0.3, -0.25) is 0 Å². The average Bonchev–Trinajstić information content (AvgIpc) is 3.02. The lowest BCUT2D eigenvalue weighted by Gasteiger charge is -2.19. The van der Waals surface area contributed by atoms with Gasteiger partial charge in [0.25, 0.3) is 0 Å². The number of fused-ring (bicyclic) bond motifs is 1. The minimum atomic E-state index is -0.387. The van der Waals surface area contributed by atoms with E-state index in [-0.39, 0.29) is 43.3 Å². The van der Waals surface area contributed by atoms with Crippen molar-refractivity contribution in [3.63, 3.8) is 0 Å². The number of hydrogen-bond acceptors (Lipinski definition) is 5. The summed E-state index contributed by atoms with van der Waals surface area (Å²) in [5.74, 6) is 2.57. The van der Waals surface area contributed by atoms with E-state index in [0.717, 1.165) is 5.56 Å². The molecule has 1 atom stereocenters. The Morgan fingerprint density at radius 1 is 1.45 bits per heavy atom. The van der Waals surface area contributed by atoms with Crippen LogP contribution in [0.25, 0.3) is 0 Å². The summed E-state index contributed by atoms with van der Waals surface area (Å²) in [4.78, 5) is 0. The molecule has 118 valence electrons. The minimum absolute atomic E-state index is 0.0155. The lowest BCUT2D eigenvalue weighted by Crippen LogP contribution is -2.35. The Kier molecular flexibility index (Phi) is 4.94. The van der Waals surface area contributed by atoms with Crippen molar-refractivity contribution in [1.29, 1.82) is 5.26 Å². The van der Waals surface area contributed by atoms with Crippen LogP contribution in [0.1, 0.15) is 19.4 Å². The van der Waals surface area contributed by atoms with E-state index < -0.39 is 0 Å². The predicted molar refractivity (Wildman–Crippen MR) is 79.5 cm³/mol. The van der Waals surface area contributed by atoms with E-state index in [9.17, 15) is 4.39 Å². The summed E-state index contributed by atoms with van der Waals surface area (Å²) in [7, 11) is 0. The Labute approximate surface area is 129 Å². The zero-order chi connectivity index (χ0) is 16.3. The molecular formula is C15H19BFNO4. The lowest BCUT2D eigenvalue weighted by molar-refractivity contribution is -0.0172. The molecule has 1 saturated heterocycles. The fourth-order valence-electron chi connectivity index (χ4n) is 2.52. The summed E-state index contributed by atoms with van der Waals surface area (Å²) in [6, 6.07) is 3.18. The van der Waals surface area contributed by atoms with E-state index in [0.29, 0.717) is 12.1 Å². The molecule has 3 rings (SSSR count). The summed E-state index contributed by atoms with van der Waals surface area (Å²) in [6.45, 7) is 5.63. The summed E-state index contributed by atoms with van der Waals surface area (Å²) in [6.07, 6.45) is 0.509.